The van der Waals surface area contributed by atoms with Crippen LogP contribution in [0.1, 0.15) is 26.2 Å². The molecule has 1 aromatic rings. The molecule has 0 aliphatic carbocycles. The Morgan fingerprint density at radius 3 is 2.56 bits per heavy atom. The summed E-state index contributed by atoms with van der Waals surface area (Å²) < 4.78 is 5.44. The van der Waals surface area contributed by atoms with Crippen LogP contribution in [0.15, 0.2) is 24.3 Å². The third kappa shape index (κ3) is 4.64. The van der Waals surface area contributed by atoms with Crippen molar-refractivity contribution in [2.45, 2.75) is 32.2 Å². The number of carboxylic acid groups (broad SMARTS) is 1. The first-order chi connectivity index (χ1) is 13.0. The first-order valence-corrected chi connectivity index (χ1v) is 9.64. The Morgan fingerprint density at radius 1 is 1.19 bits per heavy atom. The molecule has 0 aromatic heterocycles. The van der Waals surface area contributed by atoms with Crippen LogP contribution in [-0.4, -0.2) is 61.3 Å². The number of amides is 2. The number of urea groups is 1. The lowest BCUT2D eigenvalue weighted by molar-refractivity contribution is -0.143. The molecular formula is C20H29N3O4. The van der Waals surface area contributed by atoms with E-state index in [0.29, 0.717) is 19.5 Å². The number of aliphatic carboxylic acids is 1. The highest BCUT2D eigenvalue weighted by Crippen LogP contribution is 2.30. The van der Waals surface area contributed by atoms with Crippen LogP contribution in [0.4, 0.5) is 10.5 Å². The van der Waals surface area contributed by atoms with Gasteiger partial charge in [-0.3, -0.25) is 4.79 Å². The molecule has 1 aromatic carbocycles. The largest absolute Gasteiger partial charge is 0.495 e. The molecular weight excluding hydrogens is 346 g/mol. The van der Waals surface area contributed by atoms with E-state index in [1.165, 1.54) is 0 Å². The fourth-order valence-electron chi connectivity index (χ4n) is 4.12. The van der Waals surface area contributed by atoms with Gasteiger partial charge in [-0.2, -0.15) is 0 Å². The molecule has 2 aliphatic heterocycles. The first-order valence-electron chi connectivity index (χ1n) is 9.64. The van der Waals surface area contributed by atoms with Gasteiger partial charge in [-0.15, -0.1) is 0 Å². The molecule has 2 N–H and O–H groups in total. The summed E-state index contributed by atoms with van der Waals surface area (Å²) in [6.45, 7) is 4.61. The predicted molar refractivity (Wildman–Crippen MR) is 103 cm³/mol. The van der Waals surface area contributed by atoms with Gasteiger partial charge in [0.15, 0.2) is 0 Å². The highest BCUT2D eigenvalue weighted by atomic mass is 16.5. The Morgan fingerprint density at radius 2 is 1.89 bits per heavy atom. The van der Waals surface area contributed by atoms with Crippen LogP contribution in [0.5, 0.6) is 5.75 Å². The van der Waals surface area contributed by atoms with Crippen LogP contribution in [0.2, 0.25) is 0 Å². The van der Waals surface area contributed by atoms with Gasteiger partial charge >= 0.3 is 12.0 Å². The van der Waals surface area contributed by atoms with Crippen LogP contribution in [-0.2, 0) is 4.79 Å². The number of carboxylic acids is 1. The molecule has 0 saturated carbocycles. The fourth-order valence-corrected chi connectivity index (χ4v) is 4.12. The lowest BCUT2D eigenvalue weighted by atomic mass is 9.91. The number of likely N-dealkylation sites (tertiary alicyclic amines) is 1. The van der Waals surface area contributed by atoms with Crippen molar-refractivity contribution in [1.82, 2.24) is 10.2 Å². The number of anilines is 1. The number of rotatable bonds is 4. The first kappa shape index (κ1) is 19.3. The number of nitrogens with one attached hydrogen (secondary N) is 1. The van der Waals surface area contributed by atoms with Gasteiger partial charge in [-0.1, -0.05) is 19.1 Å². The molecule has 3 rings (SSSR count). The average molecular weight is 375 g/mol. The molecule has 148 valence electrons. The molecule has 2 saturated heterocycles. The molecule has 27 heavy (non-hydrogen) atoms. The zero-order valence-electron chi connectivity index (χ0n) is 16.1. The Labute approximate surface area is 160 Å². The van der Waals surface area contributed by atoms with E-state index in [-0.39, 0.29) is 18.0 Å². The Bertz CT molecular complexity index is 673. The normalized spacial score (nSPS) is 23.8. The van der Waals surface area contributed by atoms with Crippen LogP contribution < -0.4 is 15.0 Å². The van der Waals surface area contributed by atoms with Gasteiger partial charge in [-0.05, 0) is 37.3 Å². The van der Waals surface area contributed by atoms with Gasteiger partial charge in [0.25, 0.3) is 0 Å². The van der Waals surface area contributed by atoms with E-state index in [2.05, 4.69) is 16.3 Å². The van der Waals surface area contributed by atoms with Crippen molar-refractivity contribution >= 4 is 17.7 Å². The monoisotopic (exact) mass is 375 g/mol. The SMILES string of the molecule is COc1ccccc1N1CCC(NC(=O)N2CC(C)CC(C(=O)O)C2)CC1. The number of hydrogen-bond acceptors (Lipinski definition) is 4. The molecule has 0 radical (unpaired) electrons. The van der Waals surface area contributed by atoms with Crippen molar-refractivity contribution in [1.29, 1.82) is 0 Å². The number of ether oxygens (including phenoxy) is 1. The number of benzene rings is 1. The third-order valence-electron chi connectivity index (χ3n) is 5.54. The minimum absolute atomic E-state index is 0.115. The standard InChI is InChI=1S/C20H29N3O4/c1-14-11-15(19(24)25)13-23(12-14)20(26)21-16-7-9-22(10-8-16)17-5-3-4-6-18(17)27-2/h3-6,14-16H,7-13H2,1-2H3,(H,21,26)(H,24,25). The second-order valence-electron chi connectivity index (χ2n) is 7.66. The molecule has 2 atom stereocenters. The van der Waals surface area contributed by atoms with E-state index in [1.54, 1.807) is 12.0 Å². The maximum Gasteiger partial charge on any atom is 0.317 e. The molecule has 2 unspecified atom stereocenters. The van der Waals surface area contributed by atoms with Gasteiger partial charge in [0, 0.05) is 32.2 Å². The summed E-state index contributed by atoms with van der Waals surface area (Å²) in [7, 11) is 1.68. The van der Waals surface area contributed by atoms with Gasteiger partial charge in [0.05, 0.1) is 18.7 Å². The van der Waals surface area contributed by atoms with E-state index in [4.69, 9.17) is 4.74 Å². The molecule has 2 heterocycles. The Kier molecular flexibility index (Phi) is 6.08. The summed E-state index contributed by atoms with van der Waals surface area (Å²) >= 11 is 0. The maximum atomic E-state index is 12.6. The number of methoxy groups -OCH3 is 1. The number of carbonyl (C=O) groups excluding carboxylic acids is 1. The minimum Gasteiger partial charge on any atom is -0.495 e. The second-order valence-corrected chi connectivity index (χ2v) is 7.66. The van der Waals surface area contributed by atoms with Crippen LogP contribution in [0, 0.1) is 11.8 Å². The number of hydrogen-bond donors (Lipinski definition) is 2. The van der Waals surface area contributed by atoms with E-state index < -0.39 is 11.9 Å². The number of piperidine rings is 2. The summed E-state index contributed by atoms with van der Waals surface area (Å²) in [5, 5.41) is 12.4. The van der Waals surface area contributed by atoms with Crippen molar-refractivity contribution < 1.29 is 19.4 Å². The van der Waals surface area contributed by atoms with Gasteiger partial charge in [0.1, 0.15) is 5.75 Å². The summed E-state index contributed by atoms with van der Waals surface area (Å²) in [6.07, 6.45) is 2.35. The number of para-hydroxylation sites is 2. The molecule has 2 amide bonds. The van der Waals surface area contributed by atoms with Crippen molar-refractivity contribution in [2.24, 2.45) is 11.8 Å². The van der Waals surface area contributed by atoms with Gasteiger partial charge in [-0.25, -0.2) is 4.79 Å². The Balaban J connectivity index is 1.53. The fraction of sp³-hybridized carbons (Fsp3) is 0.600. The third-order valence-corrected chi connectivity index (χ3v) is 5.54. The summed E-state index contributed by atoms with van der Waals surface area (Å²) in [6, 6.07) is 7.95. The zero-order valence-corrected chi connectivity index (χ0v) is 16.1. The lowest BCUT2D eigenvalue weighted by Gasteiger charge is -2.38. The molecule has 2 aliphatic rings. The van der Waals surface area contributed by atoms with Crippen LogP contribution in [0.25, 0.3) is 0 Å². The molecule has 0 bridgehead atoms. The van der Waals surface area contributed by atoms with Crippen LogP contribution in [0.3, 0.4) is 0 Å². The zero-order chi connectivity index (χ0) is 19.4. The van der Waals surface area contributed by atoms with Gasteiger partial charge < -0.3 is 25.0 Å². The summed E-state index contributed by atoms with van der Waals surface area (Å²) in [5.74, 6) is -0.212. The van der Waals surface area contributed by atoms with E-state index in [0.717, 1.165) is 37.4 Å². The Hall–Kier alpha value is -2.44. The van der Waals surface area contributed by atoms with E-state index in [1.807, 2.05) is 25.1 Å². The smallest absolute Gasteiger partial charge is 0.317 e. The molecule has 7 nitrogen and oxygen atoms in total. The molecule has 0 spiro atoms. The number of carbonyl (C=O) groups is 2. The maximum absolute atomic E-state index is 12.6. The van der Waals surface area contributed by atoms with Crippen molar-refractivity contribution in [3.8, 4) is 5.75 Å². The van der Waals surface area contributed by atoms with Crippen molar-refractivity contribution in [3.63, 3.8) is 0 Å². The topological polar surface area (TPSA) is 82.1 Å². The summed E-state index contributed by atoms with van der Waals surface area (Å²) in [4.78, 5) is 27.9. The molecule has 2 fully saturated rings. The minimum atomic E-state index is -0.815. The quantitative estimate of drug-likeness (QED) is 0.845. The predicted octanol–water partition coefficient (Wildman–Crippen LogP) is 2.42. The van der Waals surface area contributed by atoms with Crippen LogP contribution >= 0.6 is 0 Å². The van der Waals surface area contributed by atoms with E-state index in [9.17, 15) is 14.7 Å². The van der Waals surface area contributed by atoms with Crippen molar-refractivity contribution in [3.05, 3.63) is 24.3 Å². The van der Waals surface area contributed by atoms with E-state index >= 15 is 0 Å². The molecule has 7 heteroatoms. The highest BCUT2D eigenvalue weighted by molar-refractivity contribution is 5.77. The number of nitrogens with zero attached hydrogens (tertiary/aromatic N) is 2. The second kappa shape index (κ2) is 8.50. The highest BCUT2D eigenvalue weighted by Gasteiger charge is 2.33. The van der Waals surface area contributed by atoms with Gasteiger partial charge in [0.2, 0.25) is 0 Å². The lowest BCUT2D eigenvalue weighted by Crippen LogP contribution is -2.53. The average Bonchev–Trinajstić information content (AvgIpc) is 2.68. The van der Waals surface area contributed by atoms with Crippen molar-refractivity contribution in [2.75, 3.05) is 38.2 Å². The summed E-state index contributed by atoms with van der Waals surface area (Å²) in [5.41, 5.74) is 1.08.